The predicted molar refractivity (Wildman–Crippen MR) is 91.8 cm³/mol. The van der Waals surface area contributed by atoms with E-state index in [2.05, 4.69) is 16.2 Å². The number of aryl methyl sites for hydroxylation is 1. The molecule has 2 N–H and O–H groups in total. The molecule has 0 amide bonds. The zero-order chi connectivity index (χ0) is 17.4. The van der Waals surface area contributed by atoms with Gasteiger partial charge in [-0.25, -0.2) is 4.68 Å². The number of hydrogen-bond acceptors (Lipinski definition) is 5. The van der Waals surface area contributed by atoms with Gasteiger partial charge < -0.3 is 10.5 Å². The summed E-state index contributed by atoms with van der Waals surface area (Å²) in [7, 11) is 0. The lowest BCUT2D eigenvalue weighted by molar-refractivity contribution is 0.367. The summed E-state index contributed by atoms with van der Waals surface area (Å²) < 4.78 is 7.53. The minimum absolute atomic E-state index is 0.0981. The molecule has 122 valence electrons. The maximum atomic E-state index is 9.62. The van der Waals surface area contributed by atoms with Crippen LogP contribution in [0.5, 0.6) is 5.88 Å². The van der Waals surface area contributed by atoms with Crippen molar-refractivity contribution < 1.29 is 4.74 Å². The molecule has 6 nitrogen and oxygen atoms in total. The highest BCUT2D eigenvalue weighted by Crippen LogP contribution is 2.44. The van der Waals surface area contributed by atoms with E-state index in [1.807, 2.05) is 49.4 Å². The second-order valence-corrected chi connectivity index (χ2v) is 5.76. The Labute approximate surface area is 144 Å². The Morgan fingerprint density at radius 3 is 2.68 bits per heavy atom. The van der Waals surface area contributed by atoms with Gasteiger partial charge in [-0.15, -0.1) is 0 Å². The normalized spacial score (nSPS) is 16.1. The number of aromatic nitrogens is 3. The van der Waals surface area contributed by atoms with Crippen molar-refractivity contribution in [3.05, 3.63) is 83.1 Å². The third kappa shape index (κ3) is 2.34. The fraction of sp³-hybridized carbons (Fsp3) is 0.105. The largest absolute Gasteiger partial charge is 0.422 e. The summed E-state index contributed by atoms with van der Waals surface area (Å²) in [6.45, 7) is 1.90. The number of pyridine rings is 1. The molecule has 0 bridgehead atoms. The first-order valence-electron chi connectivity index (χ1n) is 7.83. The molecule has 0 saturated heterocycles. The Kier molecular flexibility index (Phi) is 3.47. The van der Waals surface area contributed by atoms with Crippen molar-refractivity contribution in [3.8, 4) is 17.6 Å². The maximum Gasteiger partial charge on any atom is 0.229 e. The SMILES string of the molecule is Cc1nn(-c2ccccc2)c2c1C(c1cccnc1)C(C#N)=C(N)O2. The number of nitrogens with two attached hydrogens (primary N) is 1. The number of para-hydroxylation sites is 1. The van der Waals surface area contributed by atoms with Gasteiger partial charge in [0.15, 0.2) is 0 Å². The highest BCUT2D eigenvalue weighted by Gasteiger charge is 2.36. The smallest absolute Gasteiger partial charge is 0.229 e. The summed E-state index contributed by atoms with van der Waals surface area (Å²) in [5.74, 6) is 0.287. The van der Waals surface area contributed by atoms with E-state index in [0.717, 1.165) is 22.5 Å². The Morgan fingerprint density at radius 2 is 2.00 bits per heavy atom. The molecule has 1 atom stereocenters. The van der Waals surface area contributed by atoms with E-state index < -0.39 is 0 Å². The van der Waals surface area contributed by atoms with Crippen molar-refractivity contribution in [2.24, 2.45) is 5.73 Å². The van der Waals surface area contributed by atoms with E-state index in [1.54, 1.807) is 17.1 Å². The zero-order valence-corrected chi connectivity index (χ0v) is 13.5. The molecule has 0 aliphatic carbocycles. The van der Waals surface area contributed by atoms with Crippen molar-refractivity contribution in [2.45, 2.75) is 12.8 Å². The van der Waals surface area contributed by atoms with Gasteiger partial charge in [-0.1, -0.05) is 24.3 Å². The molecule has 1 aliphatic heterocycles. The van der Waals surface area contributed by atoms with Crippen LogP contribution in [0.1, 0.15) is 22.7 Å². The minimum atomic E-state index is -0.347. The fourth-order valence-corrected chi connectivity index (χ4v) is 3.14. The third-order valence-electron chi connectivity index (χ3n) is 4.25. The van der Waals surface area contributed by atoms with Crippen molar-refractivity contribution >= 4 is 0 Å². The molecule has 0 saturated carbocycles. The van der Waals surface area contributed by atoms with Crippen molar-refractivity contribution in [3.63, 3.8) is 0 Å². The van der Waals surface area contributed by atoms with Gasteiger partial charge in [-0.2, -0.15) is 10.4 Å². The third-order valence-corrected chi connectivity index (χ3v) is 4.25. The molecule has 2 aromatic heterocycles. The Balaban J connectivity index is 1.97. The Morgan fingerprint density at radius 1 is 1.20 bits per heavy atom. The number of nitriles is 1. The molecular formula is C19H15N5O. The van der Waals surface area contributed by atoms with Gasteiger partial charge in [0.2, 0.25) is 11.8 Å². The van der Waals surface area contributed by atoms with Crippen LogP contribution in [0, 0.1) is 18.3 Å². The lowest BCUT2D eigenvalue weighted by Crippen LogP contribution is -2.22. The second-order valence-electron chi connectivity index (χ2n) is 5.76. The first-order chi connectivity index (χ1) is 12.2. The van der Waals surface area contributed by atoms with Crippen LogP contribution in [-0.2, 0) is 0 Å². The minimum Gasteiger partial charge on any atom is -0.422 e. The van der Waals surface area contributed by atoms with E-state index in [9.17, 15) is 5.26 Å². The Hall–Kier alpha value is -3.59. The molecule has 3 aromatic rings. The van der Waals surface area contributed by atoms with E-state index in [0.29, 0.717) is 11.5 Å². The van der Waals surface area contributed by atoms with Crippen LogP contribution in [0.25, 0.3) is 5.69 Å². The van der Waals surface area contributed by atoms with Crippen molar-refractivity contribution in [2.75, 3.05) is 0 Å². The van der Waals surface area contributed by atoms with Gasteiger partial charge in [-0.05, 0) is 30.7 Å². The van der Waals surface area contributed by atoms with Crippen LogP contribution in [0.15, 0.2) is 66.3 Å². The van der Waals surface area contributed by atoms with E-state index >= 15 is 0 Å². The van der Waals surface area contributed by atoms with Crippen LogP contribution in [-0.4, -0.2) is 14.8 Å². The molecule has 25 heavy (non-hydrogen) atoms. The van der Waals surface area contributed by atoms with Gasteiger partial charge >= 0.3 is 0 Å². The summed E-state index contributed by atoms with van der Waals surface area (Å²) >= 11 is 0. The highest BCUT2D eigenvalue weighted by atomic mass is 16.5. The zero-order valence-electron chi connectivity index (χ0n) is 13.5. The fourth-order valence-electron chi connectivity index (χ4n) is 3.14. The lowest BCUT2D eigenvalue weighted by atomic mass is 9.85. The standard InChI is InChI=1S/C19H15N5O/c1-12-16-17(13-6-5-9-22-11-13)15(10-20)18(21)25-19(16)24(23-12)14-7-3-2-4-8-14/h2-9,11,17H,21H2,1H3. The molecule has 4 rings (SSSR count). The number of allylic oxidation sites excluding steroid dienone is 1. The molecule has 1 aromatic carbocycles. The lowest BCUT2D eigenvalue weighted by Gasteiger charge is -2.24. The summed E-state index contributed by atoms with van der Waals surface area (Å²) in [4.78, 5) is 4.18. The molecule has 0 spiro atoms. The summed E-state index contributed by atoms with van der Waals surface area (Å²) in [6.07, 6.45) is 3.44. The number of rotatable bonds is 2. The van der Waals surface area contributed by atoms with Crippen LogP contribution >= 0.6 is 0 Å². The molecule has 6 heteroatoms. The monoisotopic (exact) mass is 329 g/mol. The van der Waals surface area contributed by atoms with Crippen LogP contribution in [0.3, 0.4) is 0 Å². The number of hydrogen-bond donors (Lipinski definition) is 1. The first-order valence-corrected chi connectivity index (χ1v) is 7.83. The summed E-state index contributed by atoms with van der Waals surface area (Å²) in [5, 5.41) is 14.2. The molecule has 1 unspecified atom stereocenters. The van der Waals surface area contributed by atoms with E-state index in [-0.39, 0.29) is 11.8 Å². The first kappa shape index (κ1) is 15.0. The second kappa shape index (κ2) is 5.80. The molecule has 0 radical (unpaired) electrons. The Bertz CT molecular complexity index is 1000. The quantitative estimate of drug-likeness (QED) is 0.781. The number of ether oxygens (including phenoxy) is 1. The van der Waals surface area contributed by atoms with Crippen LogP contribution < -0.4 is 10.5 Å². The topological polar surface area (TPSA) is 89.8 Å². The van der Waals surface area contributed by atoms with Gasteiger partial charge in [0.1, 0.15) is 11.6 Å². The van der Waals surface area contributed by atoms with Gasteiger partial charge in [0.05, 0.1) is 22.9 Å². The number of fused-ring (bicyclic) bond motifs is 1. The van der Waals surface area contributed by atoms with Gasteiger partial charge in [0.25, 0.3) is 0 Å². The van der Waals surface area contributed by atoms with Gasteiger partial charge in [0, 0.05) is 12.4 Å². The van der Waals surface area contributed by atoms with E-state index in [4.69, 9.17) is 10.5 Å². The molecule has 0 fully saturated rings. The van der Waals surface area contributed by atoms with Crippen LogP contribution in [0.4, 0.5) is 0 Å². The van der Waals surface area contributed by atoms with Crippen molar-refractivity contribution in [1.82, 2.24) is 14.8 Å². The molecular weight excluding hydrogens is 314 g/mol. The maximum absolute atomic E-state index is 9.62. The molecule has 1 aliphatic rings. The average molecular weight is 329 g/mol. The van der Waals surface area contributed by atoms with Crippen molar-refractivity contribution in [1.29, 1.82) is 5.26 Å². The van der Waals surface area contributed by atoms with Gasteiger partial charge in [-0.3, -0.25) is 4.98 Å². The molecule has 3 heterocycles. The number of benzene rings is 1. The highest BCUT2D eigenvalue weighted by molar-refractivity contribution is 5.56. The summed E-state index contributed by atoms with van der Waals surface area (Å²) in [5.41, 5.74) is 9.80. The predicted octanol–water partition coefficient (Wildman–Crippen LogP) is 2.79. The van der Waals surface area contributed by atoms with E-state index in [1.165, 1.54) is 0 Å². The average Bonchev–Trinajstić information content (AvgIpc) is 2.98. The summed E-state index contributed by atoms with van der Waals surface area (Å²) in [6, 6.07) is 15.6. The van der Waals surface area contributed by atoms with Crippen LogP contribution in [0.2, 0.25) is 0 Å². The number of nitrogens with zero attached hydrogens (tertiary/aromatic N) is 4.